The highest BCUT2D eigenvalue weighted by atomic mass is 32.1. The van der Waals surface area contributed by atoms with Gasteiger partial charge in [0.2, 0.25) is 0 Å². The maximum absolute atomic E-state index is 5.38. The minimum atomic E-state index is 0.0283. The van der Waals surface area contributed by atoms with E-state index in [4.69, 9.17) is 9.72 Å². The number of nitrogens with zero attached hydrogens (tertiary/aromatic N) is 4. The number of rotatable bonds is 8. The van der Waals surface area contributed by atoms with Gasteiger partial charge in [-0.05, 0) is 44.4 Å². The Balaban J connectivity index is 1.59. The molecular weight excluding hydrogens is 406 g/mol. The van der Waals surface area contributed by atoms with Crippen molar-refractivity contribution in [2.75, 3.05) is 27.7 Å². The van der Waals surface area contributed by atoms with Crippen LogP contribution in [0.25, 0.3) is 0 Å². The molecule has 7 heteroatoms. The number of hydrogen-bond acceptors (Lipinski definition) is 5. The van der Waals surface area contributed by atoms with E-state index in [-0.39, 0.29) is 6.10 Å². The molecular formula is C24H37N5OS. The smallest absolute Gasteiger partial charge is 0.194 e. The Hall–Kier alpha value is -1.96. The number of benzene rings is 1. The number of thiazole rings is 1. The molecule has 3 rings (SSSR count). The standard InChI is InChI=1S/C24H37N5OS/c1-18-10-8-9-13-29(18)15-21-12-7-6-11-20(21)14-26-24(25-3)28(4)16-22-17-31-23(27-22)19(2)30-5/h6-7,11-12,17-19H,8-10,13-16H2,1-5H3,(H,25,26). The van der Waals surface area contributed by atoms with Crippen LogP contribution in [0.5, 0.6) is 0 Å². The fourth-order valence-electron chi connectivity index (χ4n) is 4.06. The first-order valence-electron chi connectivity index (χ1n) is 11.2. The second kappa shape index (κ2) is 11.6. The van der Waals surface area contributed by atoms with Gasteiger partial charge in [-0.1, -0.05) is 30.7 Å². The van der Waals surface area contributed by atoms with Crippen LogP contribution in [0.2, 0.25) is 0 Å². The lowest BCUT2D eigenvalue weighted by molar-refractivity contribution is 0.119. The Morgan fingerprint density at radius 3 is 2.84 bits per heavy atom. The molecule has 2 atom stereocenters. The van der Waals surface area contributed by atoms with Crippen LogP contribution in [0.4, 0.5) is 0 Å². The van der Waals surface area contributed by atoms with Gasteiger partial charge >= 0.3 is 0 Å². The molecule has 0 amide bonds. The number of aromatic nitrogens is 1. The summed E-state index contributed by atoms with van der Waals surface area (Å²) in [5, 5.41) is 6.65. The van der Waals surface area contributed by atoms with Crippen molar-refractivity contribution in [1.82, 2.24) is 20.1 Å². The molecule has 0 bridgehead atoms. The Morgan fingerprint density at radius 2 is 2.13 bits per heavy atom. The monoisotopic (exact) mass is 443 g/mol. The predicted molar refractivity (Wildman–Crippen MR) is 129 cm³/mol. The minimum absolute atomic E-state index is 0.0283. The van der Waals surface area contributed by atoms with Crippen molar-refractivity contribution in [2.45, 2.75) is 64.9 Å². The maximum Gasteiger partial charge on any atom is 0.194 e. The molecule has 1 aromatic carbocycles. The van der Waals surface area contributed by atoms with Crippen molar-refractivity contribution >= 4 is 17.3 Å². The topological polar surface area (TPSA) is 53.0 Å². The largest absolute Gasteiger partial charge is 0.375 e. The third kappa shape index (κ3) is 6.51. The summed E-state index contributed by atoms with van der Waals surface area (Å²) < 4.78 is 5.38. The van der Waals surface area contributed by atoms with Crippen LogP contribution in [0.15, 0.2) is 34.6 Å². The van der Waals surface area contributed by atoms with E-state index in [1.807, 2.05) is 14.0 Å². The second-order valence-corrected chi connectivity index (χ2v) is 9.29. The van der Waals surface area contributed by atoms with Gasteiger partial charge in [-0.25, -0.2) is 4.98 Å². The average molecular weight is 444 g/mol. The predicted octanol–water partition coefficient (Wildman–Crippen LogP) is 4.43. The van der Waals surface area contributed by atoms with Crippen LogP contribution in [-0.4, -0.2) is 54.5 Å². The first-order chi connectivity index (χ1) is 15.0. The molecule has 1 saturated heterocycles. The third-order valence-corrected chi connectivity index (χ3v) is 7.17. The van der Waals surface area contributed by atoms with Crippen LogP contribution in [-0.2, 0) is 24.4 Å². The SMILES string of the molecule is CN=C(NCc1ccccc1CN1CCCCC1C)N(C)Cc1csc(C(C)OC)n1. The van der Waals surface area contributed by atoms with E-state index in [0.717, 1.165) is 29.8 Å². The molecule has 1 fully saturated rings. The van der Waals surface area contributed by atoms with Crippen LogP contribution >= 0.6 is 11.3 Å². The fourth-order valence-corrected chi connectivity index (χ4v) is 4.90. The summed E-state index contributed by atoms with van der Waals surface area (Å²) in [6.07, 6.45) is 4.00. The van der Waals surface area contributed by atoms with E-state index in [1.165, 1.54) is 36.9 Å². The summed E-state index contributed by atoms with van der Waals surface area (Å²) in [5.74, 6) is 0.871. The van der Waals surface area contributed by atoms with Crippen LogP contribution in [0.3, 0.4) is 0 Å². The molecule has 1 aliphatic heterocycles. The molecule has 2 unspecified atom stereocenters. The lowest BCUT2D eigenvalue weighted by atomic mass is 10.0. The minimum Gasteiger partial charge on any atom is -0.375 e. The summed E-state index contributed by atoms with van der Waals surface area (Å²) in [5.41, 5.74) is 3.77. The molecule has 2 heterocycles. The average Bonchev–Trinajstić information content (AvgIpc) is 3.24. The molecule has 0 spiro atoms. The highest BCUT2D eigenvalue weighted by Crippen LogP contribution is 2.22. The molecule has 6 nitrogen and oxygen atoms in total. The number of nitrogens with one attached hydrogen (secondary N) is 1. The molecule has 0 saturated carbocycles. The van der Waals surface area contributed by atoms with E-state index < -0.39 is 0 Å². The molecule has 31 heavy (non-hydrogen) atoms. The Bertz CT molecular complexity index is 852. The van der Waals surface area contributed by atoms with Crippen LogP contribution in [0.1, 0.15) is 61.0 Å². The van der Waals surface area contributed by atoms with E-state index >= 15 is 0 Å². The van der Waals surface area contributed by atoms with E-state index in [1.54, 1.807) is 18.4 Å². The van der Waals surface area contributed by atoms with Gasteiger partial charge in [-0.2, -0.15) is 0 Å². The first-order valence-corrected chi connectivity index (χ1v) is 12.1. The van der Waals surface area contributed by atoms with Crippen molar-refractivity contribution < 1.29 is 4.74 Å². The molecule has 0 radical (unpaired) electrons. The third-order valence-electron chi connectivity index (χ3n) is 6.11. The Kier molecular flexibility index (Phi) is 8.87. The molecule has 1 N–H and O–H groups in total. The van der Waals surface area contributed by atoms with E-state index in [9.17, 15) is 0 Å². The number of hydrogen-bond donors (Lipinski definition) is 1. The zero-order chi connectivity index (χ0) is 22.2. The van der Waals surface area contributed by atoms with Crippen molar-refractivity contribution in [3.05, 3.63) is 51.5 Å². The Labute approximate surface area is 191 Å². The number of methoxy groups -OCH3 is 1. The van der Waals surface area contributed by atoms with Gasteiger partial charge in [-0.15, -0.1) is 11.3 Å². The van der Waals surface area contributed by atoms with Crippen molar-refractivity contribution in [3.8, 4) is 0 Å². The highest BCUT2D eigenvalue weighted by molar-refractivity contribution is 7.09. The van der Waals surface area contributed by atoms with E-state index in [2.05, 4.69) is 63.7 Å². The molecule has 0 aliphatic carbocycles. The second-order valence-electron chi connectivity index (χ2n) is 8.40. The molecule has 170 valence electrons. The Morgan fingerprint density at radius 1 is 1.35 bits per heavy atom. The van der Waals surface area contributed by atoms with Gasteiger partial charge in [0.25, 0.3) is 0 Å². The number of piperidine rings is 1. The summed E-state index contributed by atoms with van der Waals surface area (Å²) in [6, 6.07) is 9.43. The van der Waals surface area contributed by atoms with Gasteiger partial charge in [0.15, 0.2) is 5.96 Å². The van der Waals surface area contributed by atoms with Gasteiger partial charge in [0, 0.05) is 45.7 Å². The van der Waals surface area contributed by atoms with Gasteiger partial charge < -0.3 is 15.0 Å². The van der Waals surface area contributed by atoms with E-state index in [0.29, 0.717) is 12.6 Å². The quantitative estimate of drug-likeness (QED) is 0.483. The van der Waals surface area contributed by atoms with Gasteiger partial charge in [0.05, 0.1) is 12.2 Å². The summed E-state index contributed by atoms with van der Waals surface area (Å²) in [6.45, 7) is 8.07. The van der Waals surface area contributed by atoms with Crippen LogP contribution in [0, 0.1) is 0 Å². The summed E-state index contributed by atoms with van der Waals surface area (Å²) >= 11 is 1.64. The van der Waals surface area contributed by atoms with Crippen LogP contribution < -0.4 is 5.32 Å². The highest BCUT2D eigenvalue weighted by Gasteiger charge is 2.19. The lowest BCUT2D eigenvalue weighted by Crippen LogP contribution is -2.39. The normalized spacial score (nSPS) is 18.7. The van der Waals surface area contributed by atoms with Gasteiger partial charge in [-0.3, -0.25) is 9.89 Å². The number of likely N-dealkylation sites (tertiary alicyclic amines) is 1. The zero-order valence-electron chi connectivity index (χ0n) is 19.6. The molecule has 2 aromatic rings. The number of ether oxygens (including phenoxy) is 1. The molecule has 1 aliphatic rings. The van der Waals surface area contributed by atoms with Gasteiger partial charge in [0.1, 0.15) is 11.1 Å². The number of guanidine groups is 1. The van der Waals surface area contributed by atoms with Crippen molar-refractivity contribution in [1.29, 1.82) is 0 Å². The van der Waals surface area contributed by atoms with Crippen molar-refractivity contribution in [2.24, 2.45) is 4.99 Å². The van der Waals surface area contributed by atoms with Crippen molar-refractivity contribution in [3.63, 3.8) is 0 Å². The number of aliphatic imine (C=N–C) groups is 1. The summed E-state index contributed by atoms with van der Waals surface area (Å²) in [7, 11) is 5.60. The first kappa shape index (κ1) is 23.7. The summed E-state index contributed by atoms with van der Waals surface area (Å²) in [4.78, 5) is 13.9. The molecule has 1 aromatic heterocycles. The lowest BCUT2D eigenvalue weighted by Gasteiger charge is -2.34. The maximum atomic E-state index is 5.38. The fraction of sp³-hybridized carbons (Fsp3) is 0.583. The zero-order valence-corrected chi connectivity index (χ0v) is 20.4.